The second-order valence-electron chi connectivity index (χ2n) is 7.26. The van der Waals surface area contributed by atoms with Crippen LogP contribution in [0.3, 0.4) is 0 Å². The van der Waals surface area contributed by atoms with Gasteiger partial charge >= 0.3 is 0 Å². The summed E-state index contributed by atoms with van der Waals surface area (Å²) in [6.07, 6.45) is 3.16. The molecule has 2 fully saturated rings. The van der Waals surface area contributed by atoms with E-state index in [1.807, 2.05) is 18.0 Å². The number of rotatable bonds is 2. The molecule has 4 nitrogen and oxygen atoms in total. The maximum absolute atomic E-state index is 13.1. The maximum Gasteiger partial charge on any atom is 0.226 e. The van der Waals surface area contributed by atoms with Crippen molar-refractivity contribution in [3.05, 3.63) is 48.0 Å². The predicted octanol–water partition coefficient (Wildman–Crippen LogP) is 3.37. The van der Waals surface area contributed by atoms with Crippen LogP contribution in [-0.4, -0.2) is 41.8 Å². The van der Waals surface area contributed by atoms with Gasteiger partial charge in [0, 0.05) is 32.5 Å². The highest BCUT2D eigenvalue weighted by Crippen LogP contribution is 2.37. The minimum atomic E-state index is -0.153. The van der Waals surface area contributed by atoms with Gasteiger partial charge in [0.1, 0.15) is 0 Å². The van der Waals surface area contributed by atoms with E-state index in [0.29, 0.717) is 13.0 Å². The van der Waals surface area contributed by atoms with Crippen molar-refractivity contribution in [3.63, 3.8) is 0 Å². The molecule has 0 spiro atoms. The Hall–Kier alpha value is -2.36. The molecule has 2 atom stereocenters. The average molecular weight is 336 g/mol. The Morgan fingerprint density at radius 1 is 1.04 bits per heavy atom. The summed E-state index contributed by atoms with van der Waals surface area (Å²) in [5, 5.41) is 2.45. The molecule has 0 aliphatic carbocycles. The summed E-state index contributed by atoms with van der Waals surface area (Å²) in [7, 11) is 1.82. The normalized spacial score (nSPS) is 24.1. The fourth-order valence-corrected chi connectivity index (χ4v) is 4.28. The minimum Gasteiger partial charge on any atom is -0.346 e. The van der Waals surface area contributed by atoms with Gasteiger partial charge in [-0.3, -0.25) is 9.59 Å². The number of carbonyl (C=O) groups is 2. The molecule has 0 aromatic heterocycles. The van der Waals surface area contributed by atoms with Crippen LogP contribution >= 0.6 is 0 Å². The van der Waals surface area contributed by atoms with Gasteiger partial charge < -0.3 is 9.80 Å². The number of carbonyl (C=O) groups excluding carboxylic acids is 2. The lowest BCUT2D eigenvalue weighted by molar-refractivity contribution is -0.145. The van der Waals surface area contributed by atoms with E-state index in [4.69, 9.17) is 0 Å². The number of hydrogen-bond donors (Lipinski definition) is 0. The van der Waals surface area contributed by atoms with E-state index in [1.165, 1.54) is 16.3 Å². The Morgan fingerprint density at radius 3 is 2.68 bits per heavy atom. The number of fused-ring (bicyclic) bond motifs is 1. The van der Waals surface area contributed by atoms with Gasteiger partial charge in [-0.15, -0.1) is 0 Å². The maximum atomic E-state index is 13.1. The van der Waals surface area contributed by atoms with Gasteiger partial charge in [0.05, 0.1) is 6.04 Å². The van der Waals surface area contributed by atoms with Gasteiger partial charge in [0.25, 0.3) is 0 Å². The first-order chi connectivity index (χ1) is 12.1. The van der Waals surface area contributed by atoms with Crippen LogP contribution in [0.1, 0.15) is 37.3 Å². The van der Waals surface area contributed by atoms with Crippen LogP contribution in [0.5, 0.6) is 0 Å². The van der Waals surface area contributed by atoms with Crippen LogP contribution in [0, 0.1) is 5.92 Å². The quantitative estimate of drug-likeness (QED) is 0.844. The first kappa shape index (κ1) is 16.1. The Labute approximate surface area is 148 Å². The molecule has 0 N–H and O–H groups in total. The first-order valence-electron chi connectivity index (χ1n) is 9.17. The molecule has 4 heteroatoms. The molecule has 4 rings (SSSR count). The van der Waals surface area contributed by atoms with Crippen LogP contribution in [0.25, 0.3) is 10.8 Å². The summed E-state index contributed by atoms with van der Waals surface area (Å²) in [6.45, 7) is 1.48. The minimum absolute atomic E-state index is 0.0884. The van der Waals surface area contributed by atoms with Crippen molar-refractivity contribution in [1.29, 1.82) is 0 Å². The molecule has 2 aliphatic heterocycles. The lowest BCUT2D eigenvalue weighted by Crippen LogP contribution is -2.43. The third-order valence-electron chi connectivity index (χ3n) is 5.73. The Morgan fingerprint density at radius 2 is 1.84 bits per heavy atom. The zero-order valence-electron chi connectivity index (χ0n) is 14.6. The van der Waals surface area contributed by atoms with Gasteiger partial charge in [-0.05, 0) is 35.6 Å². The van der Waals surface area contributed by atoms with E-state index >= 15 is 0 Å². The molecule has 2 aromatic carbocycles. The number of likely N-dealkylation sites (tertiary alicyclic amines) is 2. The third-order valence-corrected chi connectivity index (χ3v) is 5.73. The van der Waals surface area contributed by atoms with Crippen molar-refractivity contribution >= 4 is 22.6 Å². The van der Waals surface area contributed by atoms with E-state index < -0.39 is 0 Å². The molecule has 2 aliphatic rings. The smallest absolute Gasteiger partial charge is 0.226 e. The van der Waals surface area contributed by atoms with Crippen LogP contribution < -0.4 is 0 Å². The first-order valence-corrected chi connectivity index (χ1v) is 9.17. The van der Waals surface area contributed by atoms with Crippen molar-refractivity contribution in [2.75, 3.05) is 20.1 Å². The molecule has 25 heavy (non-hydrogen) atoms. The van der Waals surface area contributed by atoms with Gasteiger partial charge in [-0.25, -0.2) is 0 Å². The standard InChI is InChI=1S/C21H24N2O2/c1-22-13-11-16(14-20(22)24)21(25)23-12-5-10-19(23)18-9-4-7-15-6-2-3-8-17(15)18/h2-4,6-9,16,19H,5,10-14H2,1H3/t16-,19+/m1/s1. The molecule has 0 bridgehead atoms. The van der Waals surface area contributed by atoms with Gasteiger partial charge in [0.2, 0.25) is 11.8 Å². The van der Waals surface area contributed by atoms with Crippen molar-refractivity contribution < 1.29 is 9.59 Å². The number of hydrogen-bond acceptors (Lipinski definition) is 2. The summed E-state index contributed by atoms with van der Waals surface area (Å²) in [5.41, 5.74) is 1.24. The van der Waals surface area contributed by atoms with Crippen LogP contribution in [0.15, 0.2) is 42.5 Å². The molecule has 2 aromatic rings. The second kappa shape index (κ2) is 6.51. The lowest BCUT2D eigenvalue weighted by Gasteiger charge is -2.33. The SMILES string of the molecule is CN1CC[C@@H](C(=O)N2CCC[C@H]2c2cccc3ccccc23)CC1=O. The van der Waals surface area contributed by atoms with Gasteiger partial charge in [-0.2, -0.15) is 0 Å². The van der Waals surface area contributed by atoms with Crippen molar-refractivity contribution in [1.82, 2.24) is 9.80 Å². The number of piperidine rings is 1. The number of benzene rings is 2. The molecule has 2 saturated heterocycles. The highest BCUT2D eigenvalue weighted by atomic mass is 16.2. The summed E-state index contributed by atoms with van der Waals surface area (Å²) in [6, 6.07) is 14.9. The Kier molecular flexibility index (Phi) is 4.20. The molecule has 130 valence electrons. The fraction of sp³-hybridized carbons (Fsp3) is 0.429. The van der Waals surface area contributed by atoms with Crippen LogP contribution in [0.4, 0.5) is 0 Å². The topological polar surface area (TPSA) is 40.6 Å². The molecule has 2 heterocycles. The number of amides is 2. The van der Waals surface area contributed by atoms with Crippen molar-refractivity contribution in [2.24, 2.45) is 5.92 Å². The Bertz CT molecular complexity index is 811. The van der Waals surface area contributed by atoms with Crippen LogP contribution in [-0.2, 0) is 9.59 Å². The summed E-state index contributed by atoms with van der Waals surface area (Å²) >= 11 is 0. The molecular weight excluding hydrogens is 312 g/mol. The zero-order valence-corrected chi connectivity index (χ0v) is 14.6. The summed E-state index contributed by atoms with van der Waals surface area (Å²) in [5.74, 6) is 0.0988. The molecule has 2 amide bonds. The van der Waals surface area contributed by atoms with Crippen molar-refractivity contribution in [2.45, 2.75) is 31.7 Å². The third kappa shape index (κ3) is 2.90. The highest BCUT2D eigenvalue weighted by Gasteiger charge is 2.37. The van der Waals surface area contributed by atoms with E-state index in [1.54, 1.807) is 4.90 Å². The van der Waals surface area contributed by atoms with E-state index in [2.05, 4.69) is 36.4 Å². The molecule has 0 unspecified atom stereocenters. The summed E-state index contributed by atoms with van der Waals surface area (Å²) in [4.78, 5) is 28.9. The molecule has 0 radical (unpaired) electrons. The fourth-order valence-electron chi connectivity index (χ4n) is 4.28. The van der Waals surface area contributed by atoms with Crippen LogP contribution in [0.2, 0.25) is 0 Å². The average Bonchev–Trinajstić information content (AvgIpc) is 3.12. The van der Waals surface area contributed by atoms with Gasteiger partial charge in [-0.1, -0.05) is 42.5 Å². The highest BCUT2D eigenvalue weighted by molar-refractivity contribution is 5.89. The monoisotopic (exact) mass is 336 g/mol. The lowest BCUT2D eigenvalue weighted by atomic mass is 9.93. The molecule has 0 saturated carbocycles. The Balaban J connectivity index is 1.62. The number of nitrogens with zero attached hydrogens (tertiary/aromatic N) is 2. The summed E-state index contributed by atoms with van der Waals surface area (Å²) < 4.78 is 0. The molecular formula is C21H24N2O2. The van der Waals surface area contributed by atoms with E-state index in [9.17, 15) is 9.59 Å². The van der Waals surface area contributed by atoms with Crippen molar-refractivity contribution in [3.8, 4) is 0 Å². The zero-order chi connectivity index (χ0) is 17.4. The largest absolute Gasteiger partial charge is 0.346 e. The second-order valence-corrected chi connectivity index (χ2v) is 7.26. The van der Waals surface area contributed by atoms with Gasteiger partial charge in [0.15, 0.2) is 0 Å². The van der Waals surface area contributed by atoms with E-state index in [0.717, 1.165) is 25.8 Å². The predicted molar refractivity (Wildman–Crippen MR) is 98.0 cm³/mol. The van der Waals surface area contributed by atoms with E-state index in [-0.39, 0.29) is 23.8 Å².